The van der Waals surface area contributed by atoms with E-state index in [1.165, 1.54) is 38.8 Å². The molecule has 148 valence electrons. The highest BCUT2D eigenvalue weighted by atomic mass is 16.5. The van der Waals surface area contributed by atoms with E-state index in [9.17, 15) is 9.59 Å². The first-order chi connectivity index (χ1) is 13.1. The molecule has 0 aromatic heterocycles. The molecular formula is C20H30N4O3. The smallest absolute Gasteiger partial charge is 0.255 e. The van der Waals surface area contributed by atoms with Gasteiger partial charge in [0.2, 0.25) is 5.91 Å². The van der Waals surface area contributed by atoms with Gasteiger partial charge in [0, 0.05) is 25.7 Å². The first-order valence-corrected chi connectivity index (χ1v) is 9.83. The van der Waals surface area contributed by atoms with Crippen molar-refractivity contribution in [1.29, 1.82) is 0 Å². The standard InChI is InChI=1S/C20H30N4O3/c21-19(25)15-27-18-5-3-16(4-6-18)13-22-20(26)14-23-11-7-17(8-12-23)24-9-1-2-10-24/h3-6,17H,1-2,7-15H2,(H2,21,25)(H,22,26). The predicted molar refractivity (Wildman–Crippen MR) is 103 cm³/mol. The summed E-state index contributed by atoms with van der Waals surface area (Å²) < 4.78 is 5.22. The molecule has 0 unspecified atom stereocenters. The Balaban J connectivity index is 1.34. The zero-order valence-electron chi connectivity index (χ0n) is 15.9. The summed E-state index contributed by atoms with van der Waals surface area (Å²) in [7, 11) is 0. The Hall–Kier alpha value is -2.12. The lowest BCUT2D eigenvalue weighted by Gasteiger charge is -2.36. The van der Waals surface area contributed by atoms with Crippen LogP contribution in [0.25, 0.3) is 0 Å². The highest BCUT2D eigenvalue weighted by molar-refractivity contribution is 5.78. The van der Waals surface area contributed by atoms with Crippen molar-refractivity contribution >= 4 is 11.8 Å². The molecule has 7 heteroatoms. The molecule has 0 bridgehead atoms. The Kier molecular flexibility index (Phi) is 7.06. The van der Waals surface area contributed by atoms with Crippen LogP contribution in [0, 0.1) is 0 Å². The fourth-order valence-electron chi connectivity index (χ4n) is 3.87. The Morgan fingerprint density at radius 1 is 1.07 bits per heavy atom. The molecule has 0 saturated carbocycles. The van der Waals surface area contributed by atoms with Crippen LogP contribution in [-0.2, 0) is 16.1 Å². The second-order valence-corrected chi connectivity index (χ2v) is 7.43. The number of carbonyl (C=O) groups is 2. The van der Waals surface area contributed by atoms with E-state index in [1.54, 1.807) is 12.1 Å². The van der Waals surface area contributed by atoms with Crippen molar-refractivity contribution in [3.63, 3.8) is 0 Å². The summed E-state index contributed by atoms with van der Waals surface area (Å²) in [5.74, 6) is 0.143. The molecule has 2 heterocycles. The van der Waals surface area contributed by atoms with Gasteiger partial charge in [0.15, 0.2) is 6.61 Å². The molecule has 2 fully saturated rings. The third-order valence-electron chi connectivity index (χ3n) is 5.38. The number of amides is 2. The zero-order valence-corrected chi connectivity index (χ0v) is 15.9. The van der Waals surface area contributed by atoms with Crippen molar-refractivity contribution in [2.24, 2.45) is 5.73 Å². The number of hydrogen-bond donors (Lipinski definition) is 2. The van der Waals surface area contributed by atoms with Crippen LogP contribution in [0.15, 0.2) is 24.3 Å². The van der Waals surface area contributed by atoms with Gasteiger partial charge in [-0.1, -0.05) is 12.1 Å². The monoisotopic (exact) mass is 374 g/mol. The number of primary amides is 1. The minimum absolute atomic E-state index is 0.0590. The molecule has 3 rings (SSSR count). The summed E-state index contributed by atoms with van der Waals surface area (Å²) in [6.45, 7) is 5.31. The summed E-state index contributed by atoms with van der Waals surface area (Å²) in [6.07, 6.45) is 5.00. The lowest BCUT2D eigenvalue weighted by atomic mass is 10.0. The molecule has 0 spiro atoms. The predicted octanol–water partition coefficient (Wildman–Crippen LogP) is 0.727. The van der Waals surface area contributed by atoms with E-state index in [1.807, 2.05) is 12.1 Å². The maximum atomic E-state index is 12.2. The van der Waals surface area contributed by atoms with Gasteiger partial charge in [-0.25, -0.2) is 0 Å². The van der Waals surface area contributed by atoms with Crippen LogP contribution in [0.4, 0.5) is 0 Å². The molecule has 0 atom stereocenters. The van der Waals surface area contributed by atoms with E-state index in [0.29, 0.717) is 24.9 Å². The summed E-state index contributed by atoms with van der Waals surface area (Å²) >= 11 is 0. The summed E-state index contributed by atoms with van der Waals surface area (Å²) in [6, 6.07) is 8.00. The fourth-order valence-corrected chi connectivity index (χ4v) is 3.87. The minimum Gasteiger partial charge on any atom is -0.484 e. The number of nitrogens with one attached hydrogen (secondary N) is 1. The van der Waals surface area contributed by atoms with Gasteiger partial charge >= 0.3 is 0 Å². The first-order valence-electron chi connectivity index (χ1n) is 9.83. The number of nitrogens with two attached hydrogens (primary N) is 1. The van der Waals surface area contributed by atoms with Crippen LogP contribution >= 0.6 is 0 Å². The van der Waals surface area contributed by atoms with E-state index in [-0.39, 0.29) is 12.5 Å². The Morgan fingerprint density at radius 3 is 2.37 bits per heavy atom. The molecule has 2 saturated heterocycles. The molecule has 1 aromatic rings. The van der Waals surface area contributed by atoms with E-state index < -0.39 is 5.91 Å². The van der Waals surface area contributed by atoms with E-state index in [2.05, 4.69) is 15.1 Å². The Morgan fingerprint density at radius 2 is 1.74 bits per heavy atom. The molecule has 3 N–H and O–H groups in total. The normalized spacial score (nSPS) is 19.1. The molecule has 0 aliphatic carbocycles. The van der Waals surface area contributed by atoms with Crippen molar-refractivity contribution in [3.05, 3.63) is 29.8 Å². The Bertz CT molecular complexity index is 621. The number of hydrogen-bond acceptors (Lipinski definition) is 5. The third-order valence-corrected chi connectivity index (χ3v) is 5.38. The molecule has 0 radical (unpaired) electrons. The van der Waals surface area contributed by atoms with Crippen molar-refractivity contribution in [1.82, 2.24) is 15.1 Å². The summed E-state index contributed by atoms with van der Waals surface area (Å²) in [5, 5.41) is 2.98. The summed E-state index contributed by atoms with van der Waals surface area (Å²) in [5.41, 5.74) is 6.04. The van der Waals surface area contributed by atoms with Gasteiger partial charge in [-0.3, -0.25) is 14.5 Å². The number of carbonyl (C=O) groups excluding carboxylic acids is 2. The van der Waals surface area contributed by atoms with Crippen LogP contribution in [-0.4, -0.2) is 67.0 Å². The van der Waals surface area contributed by atoms with E-state index in [4.69, 9.17) is 10.5 Å². The van der Waals surface area contributed by atoms with Gasteiger partial charge < -0.3 is 20.7 Å². The number of rotatable bonds is 8. The van der Waals surface area contributed by atoms with Gasteiger partial charge in [0.25, 0.3) is 5.91 Å². The molecule has 1 aromatic carbocycles. The quantitative estimate of drug-likeness (QED) is 0.700. The SMILES string of the molecule is NC(=O)COc1ccc(CNC(=O)CN2CCC(N3CCCC3)CC2)cc1. The zero-order chi connectivity index (χ0) is 19.1. The number of benzene rings is 1. The first kappa shape index (κ1) is 19.6. The maximum Gasteiger partial charge on any atom is 0.255 e. The van der Waals surface area contributed by atoms with Crippen molar-refractivity contribution in [3.8, 4) is 5.75 Å². The molecule has 2 aliphatic rings. The maximum absolute atomic E-state index is 12.2. The highest BCUT2D eigenvalue weighted by Gasteiger charge is 2.26. The van der Waals surface area contributed by atoms with Gasteiger partial charge in [0.05, 0.1) is 6.54 Å². The van der Waals surface area contributed by atoms with Crippen LogP contribution in [0.3, 0.4) is 0 Å². The topological polar surface area (TPSA) is 87.9 Å². The summed E-state index contributed by atoms with van der Waals surface area (Å²) in [4.78, 5) is 27.8. The number of piperidine rings is 1. The molecular weight excluding hydrogens is 344 g/mol. The van der Waals surface area contributed by atoms with Crippen LogP contribution in [0.5, 0.6) is 5.75 Å². The van der Waals surface area contributed by atoms with Crippen molar-refractivity contribution in [2.45, 2.75) is 38.3 Å². The molecule has 7 nitrogen and oxygen atoms in total. The lowest BCUT2D eigenvalue weighted by Crippen LogP contribution is -2.46. The average molecular weight is 374 g/mol. The highest BCUT2D eigenvalue weighted by Crippen LogP contribution is 2.20. The van der Waals surface area contributed by atoms with Gasteiger partial charge in [-0.05, 0) is 56.5 Å². The van der Waals surface area contributed by atoms with Crippen LogP contribution in [0.1, 0.15) is 31.2 Å². The average Bonchev–Trinajstić information content (AvgIpc) is 3.21. The fraction of sp³-hybridized carbons (Fsp3) is 0.600. The Labute approximate surface area is 160 Å². The van der Waals surface area contributed by atoms with Crippen LogP contribution < -0.4 is 15.8 Å². The van der Waals surface area contributed by atoms with E-state index in [0.717, 1.165) is 18.7 Å². The molecule has 27 heavy (non-hydrogen) atoms. The number of nitrogens with zero attached hydrogens (tertiary/aromatic N) is 2. The largest absolute Gasteiger partial charge is 0.484 e. The molecule has 2 amide bonds. The van der Waals surface area contributed by atoms with Crippen molar-refractivity contribution < 1.29 is 14.3 Å². The minimum atomic E-state index is -0.504. The second-order valence-electron chi connectivity index (χ2n) is 7.43. The van der Waals surface area contributed by atoms with Gasteiger partial charge in [-0.2, -0.15) is 0 Å². The van der Waals surface area contributed by atoms with Crippen molar-refractivity contribution in [2.75, 3.05) is 39.3 Å². The number of ether oxygens (including phenoxy) is 1. The van der Waals surface area contributed by atoms with Crippen LogP contribution in [0.2, 0.25) is 0 Å². The van der Waals surface area contributed by atoms with Gasteiger partial charge in [0.1, 0.15) is 5.75 Å². The third kappa shape index (κ3) is 6.22. The van der Waals surface area contributed by atoms with Gasteiger partial charge in [-0.15, -0.1) is 0 Å². The second kappa shape index (κ2) is 9.71. The van der Waals surface area contributed by atoms with E-state index >= 15 is 0 Å². The number of likely N-dealkylation sites (tertiary alicyclic amines) is 2. The molecule has 2 aliphatic heterocycles. The lowest BCUT2D eigenvalue weighted by molar-refractivity contribution is -0.123.